The lowest BCUT2D eigenvalue weighted by molar-refractivity contribution is 0.115. The maximum absolute atomic E-state index is 8.97. The van der Waals surface area contributed by atoms with Crippen LogP contribution >= 0.6 is 0 Å². The molecule has 1 aliphatic heterocycles. The van der Waals surface area contributed by atoms with Crippen LogP contribution in [-0.2, 0) is 0 Å². The standard InChI is InChI=1S/C11H23NO2/c1-10(9-14)7-12-5-2-3-11(8-12)4-6-13/h10-11,13-14H,2-9H2,1H3. The van der Waals surface area contributed by atoms with Crippen LogP contribution in [0.25, 0.3) is 0 Å². The summed E-state index contributed by atoms with van der Waals surface area (Å²) in [5, 5.41) is 17.8. The van der Waals surface area contributed by atoms with Crippen molar-refractivity contribution in [3.8, 4) is 0 Å². The maximum atomic E-state index is 8.97. The first-order chi connectivity index (χ1) is 6.76. The number of aliphatic hydroxyl groups is 2. The highest BCUT2D eigenvalue weighted by Gasteiger charge is 2.20. The van der Waals surface area contributed by atoms with Crippen molar-refractivity contribution in [3.05, 3.63) is 0 Å². The largest absolute Gasteiger partial charge is 0.396 e. The molecule has 2 N–H and O–H groups in total. The zero-order valence-corrected chi connectivity index (χ0v) is 9.15. The van der Waals surface area contributed by atoms with Gasteiger partial charge in [0, 0.05) is 26.3 Å². The first-order valence-corrected chi connectivity index (χ1v) is 5.70. The summed E-state index contributed by atoms with van der Waals surface area (Å²) >= 11 is 0. The van der Waals surface area contributed by atoms with Crippen molar-refractivity contribution in [1.29, 1.82) is 0 Å². The highest BCUT2D eigenvalue weighted by molar-refractivity contribution is 4.74. The molecule has 2 atom stereocenters. The lowest BCUT2D eigenvalue weighted by Crippen LogP contribution is -2.38. The Morgan fingerprint density at radius 2 is 2.21 bits per heavy atom. The predicted molar refractivity (Wildman–Crippen MR) is 57.1 cm³/mol. The predicted octanol–water partition coefficient (Wildman–Crippen LogP) is 0.709. The van der Waals surface area contributed by atoms with E-state index in [0.717, 1.165) is 26.1 Å². The Kier molecular flexibility index (Phi) is 5.45. The van der Waals surface area contributed by atoms with Crippen LogP contribution in [0.3, 0.4) is 0 Å². The number of hydrogen-bond acceptors (Lipinski definition) is 3. The van der Waals surface area contributed by atoms with Crippen molar-refractivity contribution >= 4 is 0 Å². The molecule has 0 aromatic rings. The van der Waals surface area contributed by atoms with Crippen LogP contribution in [0.4, 0.5) is 0 Å². The van der Waals surface area contributed by atoms with Crippen LogP contribution in [0.5, 0.6) is 0 Å². The third-order valence-corrected chi connectivity index (χ3v) is 3.02. The molecule has 1 rings (SSSR count). The summed E-state index contributed by atoms with van der Waals surface area (Å²) in [6, 6.07) is 0. The molecule has 0 spiro atoms. The van der Waals surface area contributed by atoms with Gasteiger partial charge in [0.05, 0.1) is 0 Å². The van der Waals surface area contributed by atoms with Gasteiger partial charge in [-0.3, -0.25) is 0 Å². The molecule has 0 aromatic heterocycles. The summed E-state index contributed by atoms with van der Waals surface area (Å²) < 4.78 is 0. The number of likely N-dealkylation sites (tertiary alicyclic amines) is 1. The summed E-state index contributed by atoms with van der Waals surface area (Å²) in [5.41, 5.74) is 0. The minimum Gasteiger partial charge on any atom is -0.396 e. The molecule has 0 aromatic carbocycles. The van der Waals surface area contributed by atoms with Crippen LogP contribution in [-0.4, -0.2) is 48.0 Å². The van der Waals surface area contributed by atoms with Gasteiger partial charge in [0.1, 0.15) is 0 Å². The quantitative estimate of drug-likeness (QED) is 0.688. The Hall–Kier alpha value is -0.120. The second-order valence-corrected chi connectivity index (χ2v) is 4.57. The third-order valence-electron chi connectivity index (χ3n) is 3.02. The molecule has 1 saturated heterocycles. The normalized spacial score (nSPS) is 26.4. The molecular formula is C11H23NO2. The highest BCUT2D eigenvalue weighted by Crippen LogP contribution is 2.19. The number of piperidine rings is 1. The average Bonchev–Trinajstić information content (AvgIpc) is 2.19. The first kappa shape index (κ1) is 12.0. The summed E-state index contributed by atoms with van der Waals surface area (Å²) in [6.07, 6.45) is 3.43. The van der Waals surface area contributed by atoms with E-state index in [4.69, 9.17) is 10.2 Å². The van der Waals surface area contributed by atoms with E-state index in [1.165, 1.54) is 12.8 Å². The smallest absolute Gasteiger partial charge is 0.0468 e. The molecule has 1 aliphatic rings. The third kappa shape index (κ3) is 3.95. The average molecular weight is 201 g/mol. The maximum Gasteiger partial charge on any atom is 0.0468 e. The van der Waals surface area contributed by atoms with Gasteiger partial charge in [-0.15, -0.1) is 0 Å². The molecule has 14 heavy (non-hydrogen) atoms. The van der Waals surface area contributed by atoms with E-state index in [9.17, 15) is 0 Å². The summed E-state index contributed by atoms with van der Waals surface area (Å²) in [5.74, 6) is 1.04. The van der Waals surface area contributed by atoms with Crippen LogP contribution in [0, 0.1) is 11.8 Å². The van der Waals surface area contributed by atoms with Crippen molar-refractivity contribution in [2.75, 3.05) is 32.8 Å². The molecule has 0 aliphatic carbocycles. The Morgan fingerprint density at radius 3 is 2.86 bits per heavy atom. The zero-order chi connectivity index (χ0) is 10.4. The van der Waals surface area contributed by atoms with Gasteiger partial charge in [0.25, 0.3) is 0 Å². The SMILES string of the molecule is CC(CO)CN1CCCC(CCO)C1. The molecule has 84 valence electrons. The molecule has 1 fully saturated rings. The molecule has 0 amide bonds. The molecule has 0 radical (unpaired) electrons. The van der Waals surface area contributed by atoms with Gasteiger partial charge in [-0.25, -0.2) is 0 Å². The molecule has 3 nitrogen and oxygen atoms in total. The zero-order valence-electron chi connectivity index (χ0n) is 9.15. The molecule has 2 unspecified atom stereocenters. The number of nitrogens with zero attached hydrogens (tertiary/aromatic N) is 1. The minimum absolute atomic E-state index is 0.279. The number of rotatable bonds is 5. The lowest BCUT2D eigenvalue weighted by atomic mass is 9.94. The Labute approximate surface area is 86.7 Å². The van der Waals surface area contributed by atoms with E-state index in [1.54, 1.807) is 0 Å². The van der Waals surface area contributed by atoms with Crippen molar-refractivity contribution in [3.63, 3.8) is 0 Å². The van der Waals surface area contributed by atoms with Gasteiger partial charge in [-0.05, 0) is 37.6 Å². The number of aliphatic hydroxyl groups excluding tert-OH is 2. The van der Waals surface area contributed by atoms with Crippen molar-refractivity contribution in [1.82, 2.24) is 4.90 Å². The topological polar surface area (TPSA) is 43.7 Å². The fourth-order valence-corrected chi connectivity index (χ4v) is 2.23. The van der Waals surface area contributed by atoms with Crippen molar-refractivity contribution < 1.29 is 10.2 Å². The van der Waals surface area contributed by atoms with Crippen LogP contribution in [0.2, 0.25) is 0 Å². The Morgan fingerprint density at radius 1 is 1.43 bits per heavy atom. The number of hydrogen-bond donors (Lipinski definition) is 2. The first-order valence-electron chi connectivity index (χ1n) is 5.70. The van der Waals surface area contributed by atoms with Gasteiger partial charge in [-0.2, -0.15) is 0 Å². The highest BCUT2D eigenvalue weighted by atomic mass is 16.3. The fourth-order valence-electron chi connectivity index (χ4n) is 2.23. The van der Waals surface area contributed by atoms with Crippen molar-refractivity contribution in [2.45, 2.75) is 26.2 Å². The Balaban J connectivity index is 2.25. The fraction of sp³-hybridized carbons (Fsp3) is 1.00. The molecule has 3 heteroatoms. The van der Waals surface area contributed by atoms with Gasteiger partial charge in [-0.1, -0.05) is 6.92 Å². The van der Waals surface area contributed by atoms with E-state index in [1.807, 2.05) is 0 Å². The van der Waals surface area contributed by atoms with Gasteiger partial charge >= 0.3 is 0 Å². The lowest BCUT2D eigenvalue weighted by Gasteiger charge is -2.33. The minimum atomic E-state index is 0.279. The van der Waals surface area contributed by atoms with Gasteiger partial charge in [0.2, 0.25) is 0 Å². The molecular weight excluding hydrogens is 178 g/mol. The summed E-state index contributed by atoms with van der Waals surface area (Å²) in [6.45, 7) is 5.93. The van der Waals surface area contributed by atoms with Crippen LogP contribution in [0.15, 0.2) is 0 Å². The second-order valence-electron chi connectivity index (χ2n) is 4.57. The van der Waals surface area contributed by atoms with Crippen LogP contribution < -0.4 is 0 Å². The van der Waals surface area contributed by atoms with Crippen LogP contribution in [0.1, 0.15) is 26.2 Å². The molecule has 0 saturated carbocycles. The summed E-state index contributed by atoms with van der Waals surface area (Å²) in [7, 11) is 0. The van der Waals surface area contributed by atoms with Gasteiger partial charge in [0.15, 0.2) is 0 Å². The monoisotopic (exact) mass is 201 g/mol. The van der Waals surface area contributed by atoms with Gasteiger partial charge < -0.3 is 15.1 Å². The van der Waals surface area contributed by atoms with E-state index in [-0.39, 0.29) is 6.61 Å². The van der Waals surface area contributed by atoms with Crippen molar-refractivity contribution in [2.24, 2.45) is 11.8 Å². The van der Waals surface area contributed by atoms with E-state index in [0.29, 0.717) is 18.4 Å². The summed E-state index contributed by atoms with van der Waals surface area (Å²) in [4.78, 5) is 2.42. The van der Waals surface area contributed by atoms with E-state index in [2.05, 4.69) is 11.8 Å². The van der Waals surface area contributed by atoms with E-state index >= 15 is 0 Å². The molecule has 0 bridgehead atoms. The molecule has 1 heterocycles. The Bertz CT molecular complexity index is 150. The second kappa shape index (κ2) is 6.38. The van der Waals surface area contributed by atoms with E-state index < -0.39 is 0 Å².